The summed E-state index contributed by atoms with van der Waals surface area (Å²) in [5.74, 6) is 0.719. The van der Waals surface area contributed by atoms with Crippen molar-refractivity contribution in [3.8, 4) is 5.75 Å². The molecule has 1 N–H and O–H groups in total. The number of anilines is 1. The number of sulfonamides is 1. The van der Waals surface area contributed by atoms with Crippen molar-refractivity contribution in [3.63, 3.8) is 0 Å². The minimum Gasteiger partial charge on any atom is -0.497 e. The second-order valence-electron chi connectivity index (χ2n) is 7.65. The van der Waals surface area contributed by atoms with Gasteiger partial charge < -0.3 is 9.64 Å². The molecule has 2 aromatic carbocycles. The third-order valence-corrected chi connectivity index (χ3v) is 5.91. The molecule has 0 aliphatic rings. The number of hydrogen-bond acceptors (Lipinski definition) is 4. The summed E-state index contributed by atoms with van der Waals surface area (Å²) in [7, 11) is -0.226. The van der Waals surface area contributed by atoms with Gasteiger partial charge in [-0.2, -0.15) is 0 Å². The van der Waals surface area contributed by atoms with Gasteiger partial charge in [-0.1, -0.05) is 12.1 Å². The summed E-state index contributed by atoms with van der Waals surface area (Å²) in [6, 6.07) is 13.9. The first-order valence-corrected chi connectivity index (χ1v) is 10.5. The van der Waals surface area contributed by atoms with Crippen molar-refractivity contribution in [1.29, 1.82) is 0 Å². The SMILES string of the molecule is COc1ccc(N(C)C(=O)CCc2ccc(S(=O)(=O)NC(C)(C)C)cc2)cc1. The molecule has 0 unspecified atom stereocenters. The summed E-state index contributed by atoms with van der Waals surface area (Å²) in [4.78, 5) is 14.3. The van der Waals surface area contributed by atoms with E-state index in [1.165, 1.54) is 0 Å². The van der Waals surface area contributed by atoms with Gasteiger partial charge in [0.05, 0.1) is 12.0 Å². The summed E-state index contributed by atoms with van der Waals surface area (Å²) in [6.45, 7) is 5.39. The van der Waals surface area contributed by atoms with Gasteiger partial charge >= 0.3 is 0 Å². The van der Waals surface area contributed by atoms with Gasteiger partial charge in [0.15, 0.2) is 0 Å². The lowest BCUT2D eigenvalue weighted by atomic mass is 10.1. The first-order valence-electron chi connectivity index (χ1n) is 9.05. The molecule has 0 saturated carbocycles. The Morgan fingerprint density at radius 2 is 1.61 bits per heavy atom. The maximum absolute atomic E-state index is 12.4. The maximum Gasteiger partial charge on any atom is 0.241 e. The van der Waals surface area contributed by atoms with Crippen molar-refractivity contribution >= 4 is 21.6 Å². The highest BCUT2D eigenvalue weighted by atomic mass is 32.2. The molecule has 28 heavy (non-hydrogen) atoms. The Kier molecular flexibility index (Phi) is 6.85. The molecule has 0 spiro atoms. The molecule has 0 atom stereocenters. The average molecular weight is 405 g/mol. The van der Waals surface area contributed by atoms with Gasteiger partial charge in [-0.15, -0.1) is 0 Å². The number of nitrogens with one attached hydrogen (secondary N) is 1. The number of benzene rings is 2. The molecule has 1 amide bonds. The summed E-state index contributed by atoms with van der Waals surface area (Å²) >= 11 is 0. The molecule has 7 heteroatoms. The highest BCUT2D eigenvalue weighted by Gasteiger charge is 2.21. The fourth-order valence-corrected chi connectivity index (χ4v) is 4.08. The average Bonchev–Trinajstić information content (AvgIpc) is 2.64. The van der Waals surface area contributed by atoms with Gasteiger partial charge in [-0.3, -0.25) is 4.79 Å². The Morgan fingerprint density at radius 3 is 2.11 bits per heavy atom. The second kappa shape index (κ2) is 8.75. The van der Waals surface area contributed by atoms with Crippen LogP contribution in [-0.4, -0.2) is 34.0 Å². The number of ether oxygens (including phenoxy) is 1. The molecule has 6 nitrogen and oxygen atoms in total. The number of carbonyl (C=O) groups is 1. The molecule has 0 heterocycles. The highest BCUT2D eigenvalue weighted by molar-refractivity contribution is 7.89. The quantitative estimate of drug-likeness (QED) is 0.768. The van der Waals surface area contributed by atoms with E-state index in [0.717, 1.165) is 17.0 Å². The molecular weight excluding hydrogens is 376 g/mol. The minimum atomic E-state index is -3.56. The normalized spacial score (nSPS) is 11.9. The molecule has 2 rings (SSSR count). The Bertz CT molecular complexity index is 899. The van der Waals surface area contributed by atoms with Crippen LogP contribution in [0.3, 0.4) is 0 Å². The third-order valence-electron chi connectivity index (χ3n) is 4.14. The molecule has 0 aliphatic heterocycles. The third kappa shape index (κ3) is 6.07. The summed E-state index contributed by atoms with van der Waals surface area (Å²) in [5, 5.41) is 0. The molecule has 0 fully saturated rings. The van der Waals surface area contributed by atoms with E-state index >= 15 is 0 Å². The minimum absolute atomic E-state index is 0.0173. The molecule has 0 radical (unpaired) electrons. The first-order chi connectivity index (χ1) is 13.0. The van der Waals surface area contributed by atoms with Crippen LogP contribution < -0.4 is 14.4 Å². The van der Waals surface area contributed by atoms with Crippen molar-refractivity contribution in [2.45, 2.75) is 44.0 Å². The van der Waals surface area contributed by atoms with E-state index in [-0.39, 0.29) is 10.8 Å². The van der Waals surface area contributed by atoms with Crippen LogP contribution in [0.2, 0.25) is 0 Å². The number of nitrogens with zero attached hydrogens (tertiary/aromatic N) is 1. The van der Waals surface area contributed by atoms with Gasteiger partial charge in [-0.05, 0) is 69.2 Å². The summed E-state index contributed by atoms with van der Waals surface area (Å²) in [6.07, 6.45) is 0.862. The Morgan fingerprint density at radius 1 is 1.04 bits per heavy atom. The van der Waals surface area contributed by atoms with Crippen LogP contribution >= 0.6 is 0 Å². The first kappa shape index (κ1) is 21.9. The van der Waals surface area contributed by atoms with Crippen molar-refractivity contribution in [1.82, 2.24) is 4.72 Å². The van der Waals surface area contributed by atoms with Crippen molar-refractivity contribution in [3.05, 3.63) is 54.1 Å². The lowest BCUT2D eigenvalue weighted by Gasteiger charge is -2.20. The van der Waals surface area contributed by atoms with E-state index in [1.54, 1.807) is 64.1 Å². The van der Waals surface area contributed by atoms with Crippen LogP contribution in [0.4, 0.5) is 5.69 Å². The van der Waals surface area contributed by atoms with Gasteiger partial charge in [0.2, 0.25) is 15.9 Å². The zero-order valence-corrected chi connectivity index (χ0v) is 17.8. The molecule has 2 aromatic rings. The molecule has 152 valence electrons. The number of carbonyl (C=O) groups excluding carboxylic acids is 1. The maximum atomic E-state index is 12.4. The number of aryl methyl sites for hydroxylation is 1. The van der Waals surface area contributed by atoms with Gasteiger partial charge in [-0.25, -0.2) is 13.1 Å². The zero-order valence-electron chi connectivity index (χ0n) is 17.0. The van der Waals surface area contributed by atoms with E-state index < -0.39 is 15.6 Å². The topological polar surface area (TPSA) is 75.7 Å². The van der Waals surface area contributed by atoms with Gasteiger partial charge in [0.25, 0.3) is 0 Å². The number of methoxy groups -OCH3 is 1. The fourth-order valence-electron chi connectivity index (χ4n) is 2.67. The molecule has 0 bridgehead atoms. The van der Waals surface area contributed by atoms with Crippen molar-refractivity contribution in [2.24, 2.45) is 0 Å². The Hall–Kier alpha value is -2.38. The molecule has 0 aromatic heterocycles. The zero-order chi connectivity index (χ0) is 20.9. The van der Waals surface area contributed by atoms with Crippen molar-refractivity contribution in [2.75, 3.05) is 19.1 Å². The molecule has 0 saturated heterocycles. The molecule has 0 aliphatic carbocycles. The second-order valence-corrected chi connectivity index (χ2v) is 9.33. The Balaban J connectivity index is 1.97. The van der Waals surface area contributed by atoms with Gasteiger partial charge in [0.1, 0.15) is 5.75 Å². The van der Waals surface area contributed by atoms with E-state index in [4.69, 9.17) is 4.74 Å². The highest BCUT2D eigenvalue weighted by Crippen LogP contribution is 2.20. The predicted octanol–water partition coefficient (Wildman–Crippen LogP) is 3.37. The van der Waals surface area contributed by atoms with E-state index in [0.29, 0.717) is 12.8 Å². The van der Waals surface area contributed by atoms with Crippen LogP contribution in [0.5, 0.6) is 5.75 Å². The lowest BCUT2D eigenvalue weighted by Crippen LogP contribution is -2.40. The Labute approximate surface area is 167 Å². The lowest BCUT2D eigenvalue weighted by molar-refractivity contribution is -0.118. The van der Waals surface area contributed by atoms with Crippen LogP contribution in [0.15, 0.2) is 53.4 Å². The van der Waals surface area contributed by atoms with Crippen LogP contribution in [0.1, 0.15) is 32.8 Å². The van der Waals surface area contributed by atoms with Crippen LogP contribution in [0.25, 0.3) is 0 Å². The fraction of sp³-hybridized carbons (Fsp3) is 0.381. The summed E-state index contributed by atoms with van der Waals surface area (Å²) < 4.78 is 32.4. The number of hydrogen-bond donors (Lipinski definition) is 1. The predicted molar refractivity (Wildman–Crippen MR) is 111 cm³/mol. The van der Waals surface area contributed by atoms with E-state index in [9.17, 15) is 13.2 Å². The van der Waals surface area contributed by atoms with Crippen molar-refractivity contribution < 1.29 is 17.9 Å². The molecular formula is C21H28N2O4S. The van der Waals surface area contributed by atoms with Gasteiger partial charge in [0, 0.05) is 24.7 Å². The standard InChI is InChI=1S/C21H28N2O4S/c1-21(2,3)22-28(25,26)19-13-6-16(7-14-19)8-15-20(24)23(4)17-9-11-18(27-5)12-10-17/h6-7,9-14,22H,8,15H2,1-5H3. The smallest absolute Gasteiger partial charge is 0.241 e. The largest absolute Gasteiger partial charge is 0.497 e. The van der Waals surface area contributed by atoms with E-state index in [1.807, 2.05) is 24.3 Å². The summed E-state index contributed by atoms with van der Waals surface area (Å²) in [5.41, 5.74) is 1.15. The monoisotopic (exact) mass is 404 g/mol. The van der Waals surface area contributed by atoms with E-state index in [2.05, 4.69) is 4.72 Å². The van der Waals surface area contributed by atoms with Crippen LogP contribution in [0, 0.1) is 0 Å². The van der Waals surface area contributed by atoms with Crippen LogP contribution in [-0.2, 0) is 21.2 Å². The number of rotatable bonds is 7. The number of amides is 1.